The summed E-state index contributed by atoms with van der Waals surface area (Å²) in [5.74, 6) is 0.718. The van der Waals surface area contributed by atoms with Gasteiger partial charge in [0.25, 0.3) is 0 Å². The Balaban J connectivity index is 2.56. The number of aliphatic hydroxyl groups is 1. The third-order valence-corrected chi connectivity index (χ3v) is 5.03. The van der Waals surface area contributed by atoms with E-state index in [1.54, 1.807) is 11.3 Å². The molecule has 27 heavy (non-hydrogen) atoms. The number of hydrogen-bond donors (Lipinski definition) is 3. The Morgan fingerprint density at radius 1 is 1.26 bits per heavy atom. The first-order chi connectivity index (χ1) is 12.6. The average Bonchev–Trinajstić information content (AvgIpc) is 3.02. The largest absolute Gasteiger partial charge is 0.444 e. The van der Waals surface area contributed by atoms with Crippen LogP contribution in [0.4, 0.5) is 4.79 Å². The molecule has 156 valence electrons. The summed E-state index contributed by atoms with van der Waals surface area (Å²) in [6.07, 6.45) is 2.87. The summed E-state index contributed by atoms with van der Waals surface area (Å²) in [5, 5.41) is 21.0. The summed E-state index contributed by atoms with van der Waals surface area (Å²) < 4.78 is 5.36. The molecule has 0 aliphatic rings. The van der Waals surface area contributed by atoms with Crippen LogP contribution < -0.4 is 10.6 Å². The normalized spacial score (nSPS) is 15.4. The smallest absolute Gasteiger partial charge is 0.407 e. The van der Waals surface area contributed by atoms with Crippen LogP contribution in [0.5, 0.6) is 0 Å². The number of rotatable bonds is 11. The first-order valence-electron chi connectivity index (χ1n) is 9.99. The number of hydrogen-bond acceptors (Lipinski definition) is 5. The van der Waals surface area contributed by atoms with Crippen LogP contribution >= 0.6 is 11.3 Å². The molecule has 0 radical (unpaired) electrons. The maximum absolute atomic E-state index is 12.2. The van der Waals surface area contributed by atoms with E-state index in [0.29, 0.717) is 19.0 Å². The van der Waals surface area contributed by atoms with Crippen molar-refractivity contribution in [1.29, 1.82) is 0 Å². The highest BCUT2D eigenvalue weighted by Gasteiger charge is 2.25. The Bertz CT molecular complexity index is 526. The number of amides is 1. The van der Waals surface area contributed by atoms with Gasteiger partial charge in [0.05, 0.1) is 12.1 Å². The number of carbonyl (C=O) groups is 1. The van der Waals surface area contributed by atoms with Crippen LogP contribution in [0.25, 0.3) is 0 Å². The molecule has 3 atom stereocenters. The summed E-state index contributed by atoms with van der Waals surface area (Å²) in [5.41, 5.74) is 0.538. The number of alkyl carbamates (subject to hydrolysis) is 1. The monoisotopic (exact) mass is 398 g/mol. The highest BCUT2D eigenvalue weighted by molar-refractivity contribution is 7.07. The summed E-state index contributed by atoms with van der Waals surface area (Å²) in [7, 11) is 0. The van der Waals surface area contributed by atoms with E-state index < -0.39 is 23.8 Å². The maximum Gasteiger partial charge on any atom is 0.407 e. The fourth-order valence-electron chi connectivity index (χ4n) is 2.80. The van der Waals surface area contributed by atoms with Crippen LogP contribution in [0.1, 0.15) is 66.4 Å². The predicted octanol–water partition coefficient (Wildman–Crippen LogP) is 4.35. The van der Waals surface area contributed by atoms with Crippen LogP contribution in [-0.4, -0.2) is 41.5 Å². The van der Waals surface area contributed by atoms with Gasteiger partial charge in [0.15, 0.2) is 0 Å². The fourth-order valence-corrected chi connectivity index (χ4v) is 3.48. The van der Waals surface area contributed by atoms with E-state index >= 15 is 0 Å². The van der Waals surface area contributed by atoms with Crippen molar-refractivity contribution in [3.05, 3.63) is 22.4 Å². The lowest BCUT2D eigenvalue weighted by molar-refractivity contribution is 0.0420. The minimum atomic E-state index is -0.690. The summed E-state index contributed by atoms with van der Waals surface area (Å²) in [6.45, 7) is 12.5. The van der Waals surface area contributed by atoms with Crippen molar-refractivity contribution in [1.82, 2.24) is 10.6 Å². The Morgan fingerprint density at radius 2 is 1.96 bits per heavy atom. The zero-order valence-electron chi connectivity index (χ0n) is 17.7. The minimum Gasteiger partial charge on any atom is -0.444 e. The lowest BCUT2D eigenvalue weighted by Gasteiger charge is -2.27. The van der Waals surface area contributed by atoms with Gasteiger partial charge in [-0.3, -0.25) is 0 Å². The molecule has 0 aromatic carbocycles. The fraction of sp³-hybridized carbons (Fsp3) is 0.762. The Kier molecular flexibility index (Phi) is 10.3. The second-order valence-corrected chi connectivity index (χ2v) is 9.57. The first-order valence-corrected chi connectivity index (χ1v) is 10.9. The molecular weight excluding hydrogens is 360 g/mol. The highest BCUT2D eigenvalue weighted by Crippen LogP contribution is 2.13. The van der Waals surface area contributed by atoms with Gasteiger partial charge >= 0.3 is 6.09 Å². The van der Waals surface area contributed by atoms with E-state index in [4.69, 9.17) is 4.74 Å². The van der Waals surface area contributed by atoms with Gasteiger partial charge in [-0.25, -0.2) is 4.79 Å². The second-order valence-electron chi connectivity index (χ2n) is 8.79. The zero-order chi connectivity index (χ0) is 20.4. The summed E-state index contributed by atoms with van der Waals surface area (Å²) in [6, 6.07) is 1.95. The number of thiophene rings is 1. The standard InChI is InChI=1S/C21H38N2O3S/c1-15(2)8-7-9-16(3)22-13-19(24)18(12-17-10-11-27-14-17)23-20(25)26-21(4,5)6/h10-11,14-16,18-19,22,24H,7-9,12-13H2,1-6H3,(H,23,25)/t16?,18-,19+/m0/s1. The molecule has 1 amide bonds. The Morgan fingerprint density at radius 3 is 2.52 bits per heavy atom. The third kappa shape index (κ3) is 11.4. The van der Waals surface area contributed by atoms with E-state index in [0.717, 1.165) is 17.9 Å². The highest BCUT2D eigenvalue weighted by atomic mass is 32.1. The maximum atomic E-state index is 12.2. The lowest BCUT2D eigenvalue weighted by Crippen LogP contribution is -2.50. The van der Waals surface area contributed by atoms with Crippen molar-refractivity contribution in [3.8, 4) is 0 Å². The molecule has 1 heterocycles. The van der Waals surface area contributed by atoms with Crippen molar-refractivity contribution in [2.24, 2.45) is 5.92 Å². The van der Waals surface area contributed by atoms with Gasteiger partial charge in [0.1, 0.15) is 5.60 Å². The first kappa shape index (κ1) is 23.9. The van der Waals surface area contributed by atoms with E-state index in [1.807, 2.05) is 37.6 Å². The molecule has 0 spiro atoms. The predicted molar refractivity (Wildman–Crippen MR) is 113 cm³/mol. The minimum absolute atomic E-state index is 0.335. The molecule has 1 unspecified atom stereocenters. The topological polar surface area (TPSA) is 70.6 Å². The zero-order valence-corrected chi connectivity index (χ0v) is 18.6. The molecule has 0 saturated heterocycles. The van der Waals surface area contributed by atoms with E-state index in [2.05, 4.69) is 31.4 Å². The molecule has 0 aliphatic carbocycles. The molecule has 0 bridgehead atoms. The van der Waals surface area contributed by atoms with Crippen molar-refractivity contribution >= 4 is 17.4 Å². The molecule has 0 saturated carbocycles. The van der Waals surface area contributed by atoms with Gasteiger partial charge in [-0.05, 0) is 68.8 Å². The van der Waals surface area contributed by atoms with Gasteiger partial charge in [-0.15, -0.1) is 0 Å². The van der Waals surface area contributed by atoms with Crippen molar-refractivity contribution < 1.29 is 14.6 Å². The van der Waals surface area contributed by atoms with Crippen LogP contribution in [0.2, 0.25) is 0 Å². The summed E-state index contributed by atoms with van der Waals surface area (Å²) >= 11 is 1.61. The second kappa shape index (κ2) is 11.7. The van der Waals surface area contributed by atoms with E-state index in [9.17, 15) is 9.90 Å². The number of carbonyl (C=O) groups excluding carboxylic acids is 1. The van der Waals surface area contributed by atoms with Crippen LogP contribution in [0.3, 0.4) is 0 Å². The molecule has 0 fully saturated rings. The average molecular weight is 399 g/mol. The molecule has 6 heteroatoms. The third-order valence-electron chi connectivity index (χ3n) is 4.30. The number of ether oxygens (including phenoxy) is 1. The van der Waals surface area contributed by atoms with Crippen LogP contribution in [0, 0.1) is 5.92 Å². The van der Waals surface area contributed by atoms with Crippen molar-refractivity contribution in [2.75, 3.05) is 6.54 Å². The van der Waals surface area contributed by atoms with Crippen molar-refractivity contribution in [2.45, 2.75) is 91.0 Å². The van der Waals surface area contributed by atoms with E-state index in [1.165, 1.54) is 12.8 Å². The van der Waals surface area contributed by atoms with Crippen LogP contribution in [0.15, 0.2) is 16.8 Å². The number of nitrogens with one attached hydrogen (secondary N) is 2. The molecule has 0 aliphatic heterocycles. The lowest BCUT2D eigenvalue weighted by atomic mass is 10.0. The molecule has 3 N–H and O–H groups in total. The van der Waals surface area contributed by atoms with Crippen LogP contribution in [-0.2, 0) is 11.2 Å². The van der Waals surface area contributed by atoms with Gasteiger partial charge in [-0.1, -0.05) is 26.7 Å². The Labute approximate surface area is 168 Å². The van der Waals surface area contributed by atoms with E-state index in [-0.39, 0.29) is 0 Å². The molecule has 1 rings (SSSR count). The molecule has 5 nitrogen and oxygen atoms in total. The number of aliphatic hydroxyl groups excluding tert-OH is 1. The summed E-state index contributed by atoms with van der Waals surface area (Å²) in [4.78, 5) is 12.2. The molecule has 1 aromatic rings. The van der Waals surface area contributed by atoms with Crippen molar-refractivity contribution in [3.63, 3.8) is 0 Å². The molecular formula is C21H38N2O3S. The SMILES string of the molecule is CC(C)CCCC(C)NC[C@@H](O)[C@H](Cc1ccsc1)NC(=O)OC(C)(C)C. The van der Waals surface area contributed by atoms with Gasteiger partial charge in [-0.2, -0.15) is 11.3 Å². The van der Waals surface area contributed by atoms with Gasteiger partial charge in [0, 0.05) is 12.6 Å². The quantitative estimate of drug-likeness (QED) is 0.518. The Hall–Kier alpha value is -1.11. The van der Waals surface area contributed by atoms with Gasteiger partial charge in [0.2, 0.25) is 0 Å². The molecule has 1 aromatic heterocycles. The van der Waals surface area contributed by atoms with Gasteiger partial charge < -0.3 is 20.5 Å².